The van der Waals surface area contributed by atoms with Crippen LogP contribution in [0.4, 0.5) is 13.2 Å². The first-order valence-electron chi connectivity index (χ1n) is 13.0. The van der Waals surface area contributed by atoms with Crippen LogP contribution >= 0.6 is 7.92 Å². The van der Waals surface area contributed by atoms with Gasteiger partial charge in [0.15, 0.2) is 0 Å². The van der Waals surface area contributed by atoms with E-state index in [9.17, 15) is 23.1 Å². The Balaban J connectivity index is 1.71. The first-order chi connectivity index (χ1) is 19.8. The van der Waals surface area contributed by atoms with Gasteiger partial charge in [-0.2, -0.15) is 13.2 Å². The van der Waals surface area contributed by atoms with E-state index in [1.807, 2.05) is 91.0 Å². The van der Waals surface area contributed by atoms with E-state index in [4.69, 9.17) is 0 Å². The molecule has 1 N–H and O–H groups in total. The first kappa shape index (κ1) is 28.1. The molecule has 0 bridgehead atoms. The molecule has 0 spiro atoms. The zero-order valence-corrected chi connectivity index (χ0v) is 22.8. The van der Waals surface area contributed by atoms with Gasteiger partial charge in [0.05, 0.1) is 5.56 Å². The van der Waals surface area contributed by atoms with Crippen LogP contribution in [0.1, 0.15) is 16.7 Å². The lowest BCUT2D eigenvalue weighted by molar-refractivity contribution is -0.137. The van der Waals surface area contributed by atoms with Crippen LogP contribution < -0.4 is 15.9 Å². The fourth-order valence-electron chi connectivity index (χ4n) is 4.78. The Hall–Kier alpha value is -4.47. The normalized spacial score (nSPS) is 12.0. The molecule has 6 heteroatoms. The number of alkyl halides is 3. The number of halogens is 3. The molecule has 0 amide bonds. The van der Waals surface area contributed by atoms with E-state index in [0.29, 0.717) is 22.3 Å². The molecule has 0 aromatic heterocycles. The number of carbonyl (C=O) groups is 1. The van der Waals surface area contributed by atoms with Crippen molar-refractivity contribution >= 4 is 35.9 Å². The Kier molecular flexibility index (Phi) is 8.47. The van der Waals surface area contributed by atoms with Gasteiger partial charge in [-0.25, -0.2) is 4.79 Å². The highest BCUT2D eigenvalue weighted by Crippen LogP contribution is 2.40. The maximum atomic E-state index is 14.0. The lowest BCUT2D eigenvalue weighted by Gasteiger charge is -2.24. The summed E-state index contributed by atoms with van der Waals surface area (Å²) in [6.07, 6.45) is -3.03. The van der Waals surface area contributed by atoms with Crippen LogP contribution in [0.3, 0.4) is 0 Å². The average molecular weight is 567 g/mol. The first-order valence-corrected chi connectivity index (χ1v) is 14.3. The summed E-state index contributed by atoms with van der Waals surface area (Å²) in [7, 11) is -1.13. The largest absolute Gasteiger partial charge is 0.478 e. The third kappa shape index (κ3) is 6.65. The molecule has 0 atom stereocenters. The summed E-state index contributed by atoms with van der Waals surface area (Å²) in [6, 6.07) is 40.0. The molecule has 0 unspecified atom stereocenters. The highest BCUT2D eigenvalue weighted by atomic mass is 31.1. The van der Waals surface area contributed by atoms with Crippen LogP contribution in [0.5, 0.6) is 0 Å². The van der Waals surface area contributed by atoms with Gasteiger partial charge in [-0.3, -0.25) is 0 Å². The van der Waals surface area contributed by atoms with Crippen LogP contribution in [-0.4, -0.2) is 11.1 Å². The maximum Gasteiger partial charge on any atom is 0.416 e. The number of hydrogen-bond acceptors (Lipinski definition) is 1. The van der Waals surface area contributed by atoms with Gasteiger partial charge in [-0.15, -0.1) is 0 Å². The van der Waals surface area contributed by atoms with Crippen LogP contribution in [0.15, 0.2) is 139 Å². The molecule has 0 radical (unpaired) electrons. The SMILES string of the molecule is O=C(O)/C(=C/c1ccccc1)Cc1ccc(C(F)(F)F)cc1-c1ccccc1P(c1ccccc1)c1ccccc1. The quantitative estimate of drug-likeness (QED) is 0.154. The number of carboxylic acids is 1. The smallest absolute Gasteiger partial charge is 0.416 e. The number of rotatable bonds is 8. The average Bonchev–Trinajstić information content (AvgIpc) is 2.98. The van der Waals surface area contributed by atoms with Crippen LogP contribution in [0.2, 0.25) is 0 Å². The van der Waals surface area contributed by atoms with Crippen molar-refractivity contribution in [3.8, 4) is 11.1 Å². The summed E-state index contributed by atoms with van der Waals surface area (Å²) in [6.45, 7) is 0. The second-order valence-electron chi connectivity index (χ2n) is 9.46. The van der Waals surface area contributed by atoms with E-state index in [2.05, 4.69) is 0 Å². The monoisotopic (exact) mass is 566 g/mol. The third-order valence-electron chi connectivity index (χ3n) is 6.70. The molecular formula is C35H26F3O2P. The number of aliphatic carboxylic acids is 1. The van der Waals surface area contributed by atoms with Crippen molar-refractivity contribution in [2.75, 3.05) is 0 Å². The van der Waals surface area contributed by atoms with Crippen LogP contribution in [-0.2, 0) is 17.4 Å². The minimum absolute atomic E-state index is 0.0410. The molecule has 0 aliphatic heterocycles. The maximum absolute atomic E-state index is 14.0. The zero-order valence-electron chi connectivity index (χ0n) is 21.9. The molecule has 5 rings (SSSR count). The van der Waals surface area contributed by atoms with Crippen LogP contribution in [0.25, 0.3) is 17.2 Å². The zero-order chi connectivity index (χ0) is 28.8. The summed E-state index contributed by atoms with van der Waals surface area (Å²) in [4.78, 5) is 12.3. The van der Waals surface area contributed by atoms with E-state index in [0.717, 1.165) is 28.0 Å². The topological polar surface area (TPSA) is 37.3 Å². The van der Waals surface area contributed by atoms with Gasteiger partial charge in [-0.1, -0.05) is 121 Å². The van der Waals surface area contributed by atoms with Gasteiger partial charge >= 0.3 is 12.1 Å². The molecule has 5 aromatic rings. The van der Waals surface area contributed by atoms with Gasteiger partial charge in [0, 0.05) is 12.0 Å². The van der Waals surface area contributed by atoms with E-state index >= 15 is 0 Å². The molecule has 41 heavy (non-hydrogen) atoms. The Morgan fingerprint density at radius 2 is 1.22 bits per heavy atom. The lowest BCUT2D eigenvalue weighted by atomic mass is 9.92. The van der Waals surface area contributed by atoms with E-state index in [1.54, 1.807) is 30.3 Å². The van der Waals surface area contributed by atoms with Gasteiger partial charge in [0.2, 0.25) is 0 Å². The molecule has 0 aliphatic rings. The van der Waals surface area contributed by atoms with E-state index in [-0.39, 0.29) is 12.0 Å². The molecular weight excluding hydrogens is 540 g/mol. The fraction of sp³-hybridized carbons (Fsp3) is 0.0571. The number of hydrogen-bond donors (Lipinski definition) is 1. The summed E-state index contributed by atoms with van der Waals surface area (Å²) in [5.74, 6) is -1.12. The van der Waals surface area contributed by atoms with Crippen molar-refractivity contribution in [3.63, 3.8) is 0 Å². The van der Waals surface area contributed by atoms with E-state index < -0.39 is 25.6 Å². The predicted molar refractivity (Wildman–Crippen MR) is 161 cm³/mol. The molecule has 0 saturated heterocycles. The Morgan fingerprint density at radius 3 is 1.78 bits per heavy atom. The lowest BCUT2D eigenvalue weighted by Crippen LogP contribution is -2.22. The van der Waals surface area contributed by atoms with Crippen molar-refractivity contribution in [2.24, 2.45) is 0 Å². The highest BCUT2D eigenvalue weighted by Gasteiger charge is 2.32. The highest BCUT2D eigenvalue weighted by molar-refractivity contribution is 7.80. The molecule has 204 valence electrons. The number of carboxylic acid groups (broad SMARTS) is 1. The van der Waals surface area contributed by atoms with Gasteiger partial charge in [-0.05, 0) is 64.3 Å². The molecule has 2 nitrogen and oxygen atoms in total. The van der Waals surface area contributed by atoms with Gasteiger partial charge < -0.3 is 5.11 Å². The fourth-order valence-corrected chi connectivity index (χ4v) is 7.25. The Morgan fingerprint density at radius 1 is 0.683 bits per heavy atom. The summed E-state index contributed by atoms with van der Waals surface area (Å²) >= 11 is 0. The predicted octanol–water partition coefficient (Wildman–Crippen LogP) is 7.84. The second-order valence-corrected chi connectivity index (χ2v) is 11.6. The van der Waals surface area contributed by atoms with Gasteiger partial charge in [0.25, 0.3) is 0 Å². The van der Waals surface area contributed by atoms with Crippen molar-refractivity contribution in [3.05, 3.63) is 156 Å². The van der Waals surface area contributed by atoms with Crippen molar-refractivity contribution in [1.29, 1.82) is 0 Å². The van der Waals surface area contributed by atoms with Crippen LogP contribution in [0, 0.1) is 0 Å². The third-order valence-corrected chi connectivity index (χ3v) is 9.20. The van der Waals surface area contributed by atoms with Crippen molar-refractivity contribution < 1.29 is 23.1 Å². The number of benzene rings is 5. The molecule has 0 fully saturated rings. The van der Waals surface area contributed by atoms with Crippen molar-refractivity contribution in [1.82, 2.24) is 0 Å². The van der Waals surface area contributed by atoms with Crippen molar-refractivity contribution in [2.45, 2.75) is 12.6 Å². The second kappa shape index (κ2) is 12.4. The molecule has 0 saturated carbocycles. The van der Waals surface area contributed by atoms with Gasteiger partial charge in [0.1, 0.15) is 0 Å². The minimum Gasteiger partial charge on any atom is -0.478 e. The molecule has 0 heterocycles. The summed E-state index contributed by atoms with van der Waals surface area (Å²) in [5, 5.41) is 13.0. The Labute approximate surface area is 238 Å². The van der Waals surface area contributed by atoms with E-state index in [1.165, 1.54) is 6.07 Å². The Bertz CT molecular complexity index is 1630. The summed E-state index contributed by atoms with van der Waals surface area (Å²) < 4.78 is 41.9. The molecule has 0 aliphatic carbocycles. The summed E-state index contributed by atoms with van der Waals surface area (Å²) in [5.41, 5.74) is 1.54. The standard InChI is InChI=1S/C35H26F3O2P/c36-35(37,38)28-21-20-26(23-27(34(39)40)22-25-12-4-1-5-13-25)32(24-28)31-18-10-11-19-33(31)41(29-14-6-2-7-15-29)30-16-8-3-9-17-30/h1-22,24H,23H2,(H,39,40)/b27-22+. The molecule has 5 aromatic carbocycles. The minimum atomic E-state index is -4.55.